The van der Waals surface area contributed by atoms with E-state index in [0.29, 0.717) is 10.8 Å². The molecule has 0 aliphatic heterocycles. The molecule has 0 atom stereocenters. The number of thiazole rings is 1. The molecular weight excluding hydrogens is 320 g/mol. The molecule has 1 N–H and O–H groups in total. The lowest BCUT2D eigenvalue weighted by Crippen LogP contribution is -2.13. The number of anilines is 1. The summed E-state index contributed by atoms with van der Waals surface area (Å²) in [6, 6.07) is 13.5. The number of aromatic nitrogens is 2. The van der Waals surface area contributed by atoms with Gasteiger partial charge in [-0.25, -0.2) is 4.98 Å². The van der Waals surface area contributed by atoms with Gasteiger partial charge in [0.05, 0.1) is 5.69 Å². The van der Waals surface area contributed by atoms with Crippen LogP contribution in [0.4, 0.5) is 5.13 Å². The summed E-state index contributed by atoms with van der Waals surface area (Å²) < 4.78 is 0. The van der Waals surface area contributed by atoms with Crippen molar-refractivity contribution in [1.29, 1.82) is 0 Å². The fourth-order valence-electron chi connectivity index (χ4n) is 2.27. The van der Waals surface area contributed by atoms with Crippen LogP contribution in [-0.4, -0.2) is 34.9 Å². The van der Waals surface area contributed by atoms with Crippen LogP contribution in [0.15, 0.2) is 54.0 Å². The third-order valence-corrected chi connectivity index (χ3v) is 4.13. The van der Waals surface area contributed by atoms with E-state index in [1.807, 2.05) is 19.5 Å². The lowest BCUT2D eigenvalue weighted by atomic mass is 10.1. The van der Waals surface area contributed by atoms with Gasteiger partial charge in [-0.15, -0.1) is 11.3 Å². The molecule has 3 aromatic rings. The molecule has 1 amide bonds. The van der Waals surface area contributed by atoms with Gasteiger partial charge >= 0.3 is 0 Å². The number of hydrogen-bond donors (Lipinski definition) is 1. The first-order valence-corrected chi connectivity index (χ1v) is 8.42. The number of nitrogens with zero attached hydrogens (tertiary/aromatic N) is 3. The second-order valence-corrected chi connectivity index (χ2v) is 6.50. The Morgan fingerprint density at radius 3 is 2.62 bits per heavy atom. The molecule has 0 unspecified atom stereocenters. The number of carbonyl (C=O) groups excluding carboxylic acids is 1. The van der Waals surface area contributed by atoms with Gasteiger partial charge < -0.3 is 4.90 Å². The lowest BCUT2D eigenvalue weighted by molar-refractivity contribution is 0.102. The molecular formula is C18H18N4OS. The SMILES string of the molecule is CN(C)Cc1ccc(-c2csc(NC(=O)c3ccccn3)n2)cc1. The molecule has 3 rings (SSSR count). The van der Waals surface area contributed by atoms with Crippen LogP contribution >= 0.6 is 11.3 Å². The number of benzene rings is 1. The van der Waals surface area contributed by atoms with Crippen molar-refractivity contribution in [2.75, 3.05) is 19.4 Å². The van der Waals surface area contributed by atoms with Gasteiger partial charge in [-0.2, -0.15) is 0 Å². The van der Waals surface area contributed by atoms with Gasteiger partial charge in [0.1, 0.15) is 5.69 Å². The minimum Gasteiger partial charge on any atom is -0.305 e. The summed E-state index contributed by atoms with van der Waals surface area (Å²) in [7, 11) is 4.09. The van der Waals surface area contributed by atoms with Crippen molar-refractivity contribution >= 4 is 22.4 Å². The highest BCUT2D eigenvalue weighted by Gasteiger charge is 2.10. The number of pyridine rings is 1. The van der Waals surface area contributed by atoms with E-state index in [0.717, 1.165) is 17.8 Å². The largest absolute Gasteiger partial charge is 0.305 e. The maximum atomic E-state index is 12.1. The van der Waals surface area contributed by atoms with Crippen LogP contribution in [0.5, 0.6) is 0 Å². The number of nitrogens with one attached hydrogen (secondary N) is 1. The Labute approximate surface area is 145 Å². The smallest absolute Gasteiger partial charge is 0.276 e. The first kappa shape index (κ1) is 16.3. The maximum Gasteiger partial charge on any atom is 0.276 e. The average molecular weight is 338 g/mol. The molecule has 0 spiro atoms. The molecule has 0 saturated carbocycles. The second-order valence-electron chi connectivity index (χ2n) is 5.64. The minimum absolute atomic E-state index is 0.252. The molecule has 2 aromatic heterocycles. The van der Waals surface area contributed by atoms with Crippen molar-refractivity contribution in [1.82, 2.24) is 14.9 Å². The van der Waals surface area contributed by atoms with Crippen molar-refractivity contribution in [2.24, 2.45) is 0 Å². The standard InChI is InChI=1S/C18H18N4OS/c1-22(2)11-13-6-8-14(9-7-13)16-12-24-18(20-16)21-17(23)15-5-3-4-10-19-15/h3-10,12H,11H2,1-2H3,(H,20,21,23). The van der Waals surface area contributed by atoms with Crippen molar-refractivity contribution in [3.05, 3.63) is 65.3 Å². The first-order valence-electron chi connectivity index (χ1n) is 7.54. The topological polar surface area (TPSA) is 58.1 Å². The molecule has 2 heterocycles. The predicted octanol–water partition coefficient (Wildman–Crippen LogP) is 3.52. The van der Waals surface area contributed by atoms with Crippen molar-refractivity contribution in [2.45, 2.75) is 6.54 Å². The van der Waals surface area contributed by atoms with Crippen molar-refractivity contribution in [3.8, 4) is 11.3 Å². The first-order chi connectivity index (χ1) is 11.6. The van der Waals surface area contributed by atoms with Crippen LogP contribution in [0.25, 0.3) is 11.3 Å². The van der Waals surface area contributed by atoms with Crippen LogP contribution < -0.4 is 5.32 Å². The van der Waals surface area contributed by atoms with Crippen LogP contribution in [0.1, 0.15) is 16.1 Å². The fourth-order valence-corrected chi connectivity index (χ4v) is 2.98. The zero-order valence-corrected chi connectivity index (χ0v) is 14.4. The Balaban J connectivity index is 1.70. The second kappa shape index (κ2) is 7.33. The number of carbonyl (C=O) groups is 1. The van der Waals surface area contributed by atoms with Gasteiger partial charge in [0, 0.05) is 23.7 Å². The van der Waals surface area contributed by atoms with Gasteiger partial charge in [0.15, 0.2) is 5.13 Å². The molecule has 6 heteroatoms. The molecule has 0 saturated heterocycles. The predicted molar refractivity (Wildman–Crippen MR) is 97.1 cm³/mol. The Morgan fingerprint density at radius 2 is 1.96 bits per heavy atom. The summed E-state index contributed by atoms with van der Waals surface area (Å²) in [4.78, 5) is 22.7. The summed E-state index contributed by atoms with van der Waals surface area (Å²) >= 11 is 1.40. The van der Waals surface area contributed by atoms with Crippen LogP contribution in [0.2, 0.25) is 0 Å². The van der Waals surface area contributed by atoms with E-state index in [1.54, 1.807) is 24.4 Å². The van der Waals surface area contributed by atoms with E-state index in [2.05, 4.69) is 44.5 Å². The van der Waals surface area contributed by atoms with Gasteiger partial charge in [-0.05, 0) is 31.8 Å². The van der Waals surface area contributed by atoms with E-state index >= 15 is 0 Å². The highest BCUT2D eigenvalue weighted by atomic mass is 32.1. The van der Waals surface area contributed by atoms with Gasteiger partial charge in [-0.1, -0.05) is 30.3 Å². The van der Waals surface area contributed by atoms with Crippen LogP contribution in [-0.2, 0) is 6.54 Å². The summed E-state index contributed by atoms with van der Waals surface area (Å²) in [5, 5.41) is 5.29. The molecule has 0 fully saturated rings. The molecule has 0 bridgehead atoms. The summed E-state index contributed by atoms with van der Waals surface area (Å²) in [6.07, 6.45) is 1.59. The van der Waals surface area contributed by atoms with Gasteiger partial charge in [0.25, 0.3) is 5.91 Å². The molecule has 0 radical (unpaired) electrons. The zero-order chi connectivity index (χ0) is 16.9. The Hall–Kier alpha value is -2.57. The third kappa shape index (κ3) is 4.04. The highest BCUT2D eigenvalue weighted by molar-refractivity contribution is 7.14. The van der Waals surface area contributed by atoms with Gasteiger partial charge in [-0.3, -0.25) is 15.1 Å². The van der Waals surface area contributed by atoms with E-state index in [-0.39, 0.29) is 5.91 Å². The van der Waals surface area contributed by atoms with Crippen LogP contribution in [0, 0.1) is 0 Å². The number of rotatable bonds is 5. The monoisotopic (exact) mass is 338 g/mol. The molecule has 24 heavy (non-hydrogen) atoms. The zero-order valence-electron chi connectivity index (χ0n) is 13.6. The summed E-state index contributed by atoms with van der Waals surface area (Å²) in [5.41, 5.74) is 3.52. The van der Waals surface area contributed by atoms with E-state index < -0.39 is 0 Å². The number of hydrogen-bond acceptors (Lipinski definition) is 5. The Bertz CT molecular complexity index is 813. The van der Waals surface area contributed by atoms with Crippen molar-refractivity contribution < 1.29 is 4.79 Å². The van der Waals surface area contributed by atoms with E-state index in [1.165, 1.54) is 16.9 Å². The highest BCUT2D eigenvalue weighted by Crippen LogP contribution is 2.25. The van der Waals surface area contributed by atoms with Crippen LogP contribution in [0.3, 0.4) is 0 Å². The van der Waals surface area contributed by atoms with E-state index in [9.17, 15) is 4.79 Å². The third-order valence-electron chi connectivity index (χ3n) is 3.37. The molecule has 1 aromatic carbocycles. The summed E-state index contributed by atoms with van der Waals surface area (Å²) in [5.74, 6) is -0.252. The number of amides is 1. The molecule has 0 aliphatic carbocycles. The average Bonchev–Trinajstić information content (AvgIpc) is 3.04. The molecule has 122 valence electrons. The Kier molecular flexibility index (Phi) is 4.98. The normalized spacial score (nSPS) is 10.8. The Morgan fingerprint density at radius 1 is 1.17 bits per heavy atom. The molecule has 0 aliphatic rings. The quantitative estimate of drug-likeness (QED) is 0.773. The van der Waals surface area contributed by atoms with E-state index in [4.69, 9.17) is 0 Å². The molecule has 5 nitrogen and oxygen atoms in total. The van der Waals surface area contributed by atoms with Crippen molar-refractivity contribution in [3.63, 3.8) is 0 Å². The summed E-state index contributed by atoms with van der Waals surface area (Å²) in [6.45, 7) is 0.905. The minimum atomic E-state index is -0.252. The fraction of sp³-hybridized carbons (Fsp3) is 0.167. The van der Waals surface area contributed by atoms with Gasteiger partial charge in [0.2, 0.25) is 0 Å². The lowest BCUT2D eigenvalue weighted by Gasteiger charge is -2.09. The maximum absolute atomic E-state index is 12.1.